The number of alkyl halides is 12. The summed E-state index contributed by atoms with van der Waals surface area (Å²) in [6.45, 7) is 11.5. The maximum atomic E-state index is 15.8. The molecular weight excluding hydrogens is 1020 g/mol. The van der Waals surface area contributed by atoms with Crippen molar-refractivity contribution in [2.75, 3.05) is 0 Å². The van der Waals surface area contributed by atoms with Crippen LogP contribution in [0.5, 0.6) is 0 Å². The minimum Gasteiger partial charge on any atom is -0.455 e. The minimum atomic E-state index is -4.94. The van der Waals surface area contributed by atoms with Gasteiger partial charge in [0.1, 0.15) is 11.2 Å². The summed E-state index contributed by atoms with van der Waals surface area (Å²) in [4.78, 5) is 31.5. The fourth-order valence-corrected chi connectivity index (χ4v) is 10.4. The Kier molecular flexibility index (Phi) is 12.6. The third-order valence-electron chi connectivity index (χ3n) is 14.1. The van der Waals surface area contributed by atoms with Crippen molar-refractivity contribution in [2.45, 2.75) is 84.0 Å². The summed E-state index contributed by atoms with van der Waals surface area (Å²) >= 11 is 0. The summed E-state index contributed by atoms with van der Waals surface area (Å²) in [6, 6.07) is 25.0. The smallest absolute Gasteiger partial charge is 0.416 e. The summed E-state index contributed by atoms with van der Waals surface area (Å²) in [5, 5.41) is -0.898. The highest BCUT2D eigenvalue weighted by Gasteiger charge is 2.36. The van der Waals surface area contributed by atoms with Gasteiger partial charge in [-0.15, -0.1) is 0 Å². The van der Waals surface area contributed by atoms with Crippen LogP contribution in [0.2, 0.25) is 0 Å². The van der Waals surface area contributed by atoms with Crippen molar-refractivity contribution in [2.24, 2.45) is 0 Å². The van der Waals surface area contributed by atoms with Crippen molar-refractivity contribution in [1.82, 2.24) is 4.57 Å². The first-order valence-corrected chi connectivity index (χ1v) is 24.3. The van der Waals surface area contributed by atoms with Gasteiger partial charge in [-0.1, -0.05) is 102 Å². The van der Waals surface area contributed by atoms with Crippen molar-refractivity contribution in [3.8, 4) is 50.2 Å². The average Bonchev–Trinajstić information content (AvgIpc) is 3.53. The molecule has 0 atom stereocenters. The number of rotatable bonds is 8. The molecule has 0 saturated carbocycles. The quantitative estimate of drug-likeness (QED) is 0.0866. The molecule has 394 valence electrons. The van der Waals surface area contributed by atoms with Crippen LogP contribution in [-0.2, 0) is 24.7 Å². The van der Waals surface area contributed by atoms with Gasteiger partial charge in [0, 0.05) is 43.4 Å². The molecular formula is C61H43F12NO3. The first-order chi connectivity index (χ1) is 36.0. The van der Waals surface area contributed by atoms with E-state index in [4.69, 9.17) is 4.42 Å². The lowest BCUT2D eigenvalue weighted by Crippen LogP contribution is -2.34. The van der Waals surface area contributed by atoms with E-state index in [9.17, 15) is 52.7 Å². The van der Waals surface area contributed by atoms with E-state index in [-0.39, 0.29) is 111 Å². The summed E-state index contributed by atoms with van der Waals surface area (Å²) in [5.41, 5.74) is -5.72. The predicted molar refractivity (Wildman–Crippen MR) is 276 cm³/mol. The standard InChI is InChI=1S/C61H43F12NO3/c1-29(2)36-23-42(30(3)4)53(43(24-36)31(5)6)74-56(75)48-27-44(33-12-8-16-39(20-33)59(65,66)67)50-47-26-37(32-11-7-15-38(19-32)58(62,63)64)25-45(34-13-9-17-40(21-34)60(68,69)70)54(47)77-55-46(28-49(57(74)76)51(48)52(50)55)35-14-10-18-41(22-35)61(71,72)73/h7-31H,1-6H3. The van der Waals surface area contributed by atoms with Crippen molar-refractivity contribution in [3.05, 3.63) is 193 Å². The maximum Gasteiger partial charge on any atom is 0.416 e. The summed E-state index contributed by atoms with van der Waals surface area (Å²) in [6.07, 6.45) is -19.6. The molecule has 0 fully saturated rings. The monoisotopic (exact) mass is 1070 g/mol. The molecule has 10 aromatic rings. The van der Waals surface area contributed by atoms with Crippen molar-refractivity contribution in [3.63, 3.8) is 0 Å². The number of benzene rings is 8. The molecule has 0 bridgehead atoms. The Balaban J connectivity index is 1.51. The van der Waals surface area contributed by atoms with Crippen molar-refractivity contribution < 1.29 is 57.1 Å². The van der Waals surface area contributed by atoms with Gasteiger partial charge < -0.3 is 4.42 Å². The number of pyridine rings is 1. The van der Waals surface area contributed by atoms with Crippen LogP contribution in [0.4, 0.5) is 52.7 Å². The molecule has 0 amide bonds. The molecule has 16 heteroatoms. The Hall–Kier alpha value is -7.88. The van der Waals surface area contributed by atoms with Gasteiger partial charge in [0.2, 0.25) is 0 Å². The van der Waals surface area contributed by atoms with Crippen LogP contribution in [0.25, 0.3) is 93.7 Å². The van der Waals surface area contributed by atoms with Gasteiger partial charge in [-0.25, -0.2) is 4.57 Å². The number of hydrogen-bond acceptors (Lipinski definition) is 3. The molecule has 0 aliphatic carbocycles. The molecule has 4 nitrogen and oxygen atoms in total. The lowest BCUT2D eigenvalue weighted by atomic mass is 9.85. The summed E-state index contributed by atoms with van der Waals surface area (Å²) in [7, 11) is 0. The van der Waals surface area contributed by atoms with Gasteiger partial charge >= 0.3 is 24.7 Å². The molecule has 10 rings (SSSR count). The zero-order chi connectivity index (χ0) is 55.6. The lowest BCUT2D eigenvalue weighted by Gasteiger charge is -2.25. The second-order valence-corrected chi connectivity index (χ2v) is 20.2. The van der Waals surface area contributed by atoms with E-state index in [1.807, 2.05) is 53.7 Å². The first-order valence-electron chi connectivity index (χ1n) is 24.3. The van der Waals surface area contributed by atoms with Crippen LogP contribution >= 0.6 is 0 Å². The Morgan fingerprint density at radius 2 is 0.766 bits per heavy atom. The maximum absolute atomic E-state index is 15.8. The van der Waals surface area contributed by atoms with E-state index in [0.29, 0.717) is 11.1 Å². The van der Waals surface area contributed by atoms with E-state index in [1.54, 1.807) is 0 Å². The van der Waals surface area contributed by atoms with Gasteiger partial charge in [-0.2, -0.15) is 52.7 Å². The summed E-state index contributed by atoms with van der Waals surface area (Å²) < 4.78 is 183. The van der Waals surface area contributed by atoms with E-state index in [0.717, 1.165) is 82.9 Å². The number of fused-ring (bicyclic) bond motifs is 2. The molecule has 0 spiro atoms. The van der Waals surface area contributed by atoms with Gasteiger partial charge in [0.25, 0.3) is 11.1 Å². The van der Waals surface area contributed by atoms with Crippen LogP contribution in [0.1, 0.15) is 98.2 Å². The molecule has 0 saturated heterocycles. The van der Waals surface area contributed by atoms with Crippen molar-refractivity contribution in [1.29, 1.82) is 0 Å². The highest BCUT2D eigenvalue weighted by Crippen LogP contribution is 2.51. The van der Waals surface area contributed by atoms with Crippen LogP contribution < -0.4 is 11.1 Å². The zero-order valence-electron chi connectivity index (χ0n) is 41.6. The molecule has 0 aliphatic heterocycles. The Bertz CT molecular complexity index is 4070. The molecule has 2 aromatic heterocycles. The Morgan fingerprint density at radius 1 is 0.377 bits per heavy atom. The second-order valence-electron chi connectivity index (χ2n) is 20.2. The van der Waals surface area contributed by atoms with Crippen LogP contribution in [0, 0.1) is 0 Å². The first kappa shape index (κ1) is 52.6. The fraction of sp³-hybridized carbons (Fsp3) is 0.213. The molecule has 0 unspecified atom stereocenters. The Labute approximate surface area is 431 Å². The molecule has 77 heavy (non-hydrogen) atoms. The van der Waals surface area contributed by atoms with Crippen LogP contribution in [-0.4, -0.2) is 4.57 Å². The number of hydrogen-bond donors (Lipinski definition) is 0. The lowest BCUT2D eigenvalue weighted by molar-refractivity contribution is -0.138. The highest BCUT2D eigenvalue weighted by atomic mass is 19.4. The largest absolute Gasteiger partial charge is 0.455 e. The second kappa shape index (κ2) is 18.4. The van der Waals surface area contributed by atoms with Crippen LogP contribution in [0.3, 0.4) is 0 Å². The zero-order valence-corrected chi connectivity index (χ0v) is 41.6. The predicted octanol–water partition coefficient (Wildman–Crippen LogP) is 19.0. The van der Waals surface area contributed by atoms with E-state index in [2.05, 4.69) is 0 Å². The number of nitrogens with zero attached hydrogens (tertiary/aromatic N) is 1. The fourth-order valence-electron chi connectivity index (χ4n) is 10.4. The highest BCUT2D eigenvalue weighted by molar-refractivity contribution is 6.33. The SMILES string of the molecule is CC(C)c1cc(C(C)C)c(-n2c(=O)c3cc(-c4cccc(C(F)(F)F)c4)c4oc5c(-c6cccc(C(F)(F)F)c6)cc(-c6cccc(C(F)(F)F)c6)cc5c5c(-c6cccc(C(F)(F)F)c6)cc(c2=O)c3c45)c(C(C)C)c1. The van der Waals surface area contributed by atoms with Crippen molar-refractivity contribution >= 4 is 43.5 Å². The number of halogens is 12. The molecule has 8 aromatic carbocycles. The van der Waals surface area contributed by atoms with Crippen LogP contribution in [0.15, 0.2) is 147 Å². The van der Waals surface area contributed by atoms with Gasteiger partial charge in [0.05, 0.1) is 27.9 Å². The molecule has 0 aliphatic rings. The van der Waals surface area contributed by atoms with E-state index < -0.39 is 58.1 Å². The third-order valence-corrected chi connectivity index (χ3v) is 14.1. The third kappa shape index (κ3) is 9.18. The molecule has 2 heterocycles. The van der Waals surface area contributed by atoms with E-state index in [1.165, 1.54) is 48.5 Å². The Morgan fingerprint density at radius 3 is 1.18 bits per heavy atom. The minimum absolute atomic E-state index is 0.000205. The normalized spacial score (nSPS) is 13.0. The molecule has 0 N–H and O–H groups in total. The molecule has 0 radical (unpaired) electrons. The van der Waals surface area contributed by atoms with Gasteiger partial charge in [-0.05, 0) is 141 Å². The average molecular weight is 1070 g/mol. The topological polar surface area (TPSA) is 52.2 Å². The van der Waals surface area contributed by atoms with Gasteiger partial charge in [-0.3, -0.25) is 9.59 Å². The number of aromatic nitrogens is 1. The van der Waals surface area contributed by atoms with Gasteiger partial charge in [0.15, 0.2) is 0 Å². The summed E-state index contributed by atoms with van der Waals surface area (Å²) in [5.74, 6) is -0.608. The van der Waals surface area contributed by atoms with E-state index >= 15 is 9.59 Å².